The zero-order valence-corrected chi connectivity index (χ0v) is 17.3. The van der Waals surface area contributed by atoms with E-state index in [-0.39, 0.29) is 18.6 Å². The normalized spacial score (nSPS) is 21.9. The number of fused-ring (bicyclic) bond motifs is 1. The second-order valence-corrected chi connectivity index (χ2v) is 7.69. The fourth-order valence-electron chi connectivity index (χ4n) is 3.80. The van der Waals surface area contributed by atoms with Crippen molar-refractivity contribution in [1.82, 2.24) is 20.4 Å². The Kier molecular flexibility index (Phi) is 7.14. The molecule has 154 valence electrons. The smallest absolute Gasteiger partial charge is 0.243 e. The number of hydrogen-bond acceptors (Lipinski definition) is 4. The van der Waals surface area contributed by atoms with Gasteiger partial charge in [0.05, 0.1) is 6.54 Å². The van der Waals surface area contributed by atoms with E-state index in [1.165, 1.54) is 18.4 Å². The molecule has 28 heavy (non-hydrogen) atoms. The van der Waals surface area contributed by atoms with Crippen LogP contribution in [0.3, 0.4) is 0 Å². The van der Waals surface area contributed by atoms with Gasteiger partial charge in [-0.1, -0.05) is 25.1 Å². The topological polar surface area (TPSA) is 69.2 Å². The Bertz CT molecular complexity index is 666. The molecule has 0 aromatic heterocycles. The monoisotopic (exact) mass is 387 g/mol. The molecule has 7 heteroatoms. The summed E-state index contributed by atoms with van der Waals surface area (Å²) in [5.74, 6) is 1.63. The number of nitrogens with one attached hydrogen (secondary N) is 2. The van der Waals surface area contributed by atoms with Gasteiger partial charge in [0.2, 0.25) is 5.91 Å². The van der Waals surface area contributed by atoms with Crippen molar-refractivity contribution < 1.29 is 9.53 Å². The van der Waals surface area contributed by atoms with Crippen LogP contribution in [0.25, 0.3) is 0 Å². The molecule has 1 amide bonds. The Hall–Kier alpha value is -2.28. The maximum Gasteiger partial charge on any atom is 0.243 e. The van der Waals surface area contributed by atoms with Gasteiger partial charge in [-0.25, -0.2) is 4.99 Å². The second kappa shape index (κ2) is 9.78. The summed E-state index contributed by atoms with van der Waals surface area (Å²) in [5.41, 5.74) is 1.24. The third-order valence-corrected chi connectivity index (χ3v) is 5.49. The van der Waals surface area contributed by atoms with Crippen LogP contribution in [0, 0.1) is 0 Å². The van der Waals surface area contributed by atoms with E-state index in [1.807, 2.05) is 18.2 Å². The van der Waals surface area contributed by atoms with Crippen LogP contribution in [-0.4, -0.2) is 80.6 Å². The van der Waals surface area contributed by atoms with E-state index >= 15 is 0 Å². The largest absolute Gasteiger partial charge is 0.488 e. The zero-order valence-electron chi connectivity index (χ0n) is 17.3. The van der Waals surface area contributed by atoms with Crippen LogP contribution in [-0.2, 0) is 11.2 Å². The van der Waals surface area contributed by atoms with E-state index in [0.717, 1.165) is 31.8 Å². The highest BCUT2D eigenvalue weighted by molar-refractivity contribution is 5.84. The highest BCUT2D eigenvalue weighted by atomic mass is 16.5. The number of hydrogen-bond donors (Lipinski definition) is 2. The Morgan fingerprint density at radius 1 is 1.29 bits per heavy atom. The van der Waals surface area contributed by atoms with Crippen LogP contribution < -0.4 is 15.4 Å². The van der Waals surface area contributed by atoms with Gasteiger partial charge in [-0.15, -0.1) is 0 Å². The van der Waals surface area contributed by atoms with Crippen molar-refractivity contribution in [3.8, 4) is 5.75 Å². The molecule has 1 saturated heterocycles. The molecule has 0 saturated carbocycles. The minimum atomic E-state index is -0.0123. The quantitative estimate of drug-likeness (QED) is 0.542. The van der Waals surface area contributed by atoms with Crippen LogP contribution in [0.1, 0.15) is 25.3 Å². The average molecular weight is 388 g/mol. The Labute approximate surface area is 168 Å². The van der Waals surface area contributed by atoms with E-state index in [1.54, 1.807) is 19.0 Å². The standard InChI is InChI=1S/C21H33N5O2/c1-4-26-11-7-9-17(26)13-22-21(24-15-20(27)25(2)3)23-14-18-12-16-8-5-6-10-19(16)28-18/h5-6,8,10,17-18H,4,7,9,11-15H2,1-3H3,(H2,22,23,24). The van der Waals surface area contributed by atoms with Gasteiger partial charge >= 0.3 is 0 Å². The summed E-state index contributed by atoms with van der Waals surface area (Å²) in [6, 6.07) is 8.68. The SMILES string of the molecule is CCN1CCCC1CNC(=NCC(=O)N(C)C)NCC1Cc2ccccc2O1. The van der Waals surface area contributed by atoms with Gasteiger partial charge in [-0.2, -0.15) is 0 Å². The van der Waals surface area contributed by atoms with Gasteiger partial charge in [0.1, 0.15) is 18.4 Å². The Morgan fingerprint density at radius 2 is 2.07 bits per heavy atom. The van der Waals surface area contributed by atoms with Gasteiger partial charge in [0.15, 0.2) is 5.96 Å². The van der Waals surface area contributed by atoms with Crippen LogP contribution >= 0.6 is 0 Å². The fourth-order valence-corrected chi connectivity index (χ4v) is 3.80. The molecule has 2 aliphatic rings. The van der Waals surface area contributed by atoms with Crippen LogP contribution in [0.4, 0.5) is 0 Å². The molecule has 3 rings (SSSR count). The molecule has 2 atom stereocenters. The molecule has 0 spiro atoms. The number of guanidine groups is 1. The van der Waals surface area contributed by atoms with Gasteiger partial charge in [-0.05, 0) is 37.6 Å². The Morgan fingerprint density at radius 3 is 2.82 bits per heavy atom. The minimum Gasteiger partial charge on any atom is -0.488 e. The zero-order chi connectivity index (χ0) is 19.9. The summed E-state index contributed by atoms with van der Waals surface area (Å²) in [4.78, 5) is 20.5. The summed E-state index contributed by atoms with van der Waals surface area (Å²) in [7, 11) is 3.50. The number of amides is 1. The van der Waals surface area contributed by atoms with Crippen molar-refractivity contribution in [1.29, 1.82) is 0 Å². The molecule has 2 aliphatic heterocycles. The van der Waals surface area contributed by atoms with Crippen LogP contribution in [0.15, 0.2) is 29.3 Å². The predicted octanol–water partition coefficient (Wildman–Crippen LogP) is 1.10. The first-order valence-electron chi connectivity index (χ1n) is 10.3. The third-order valence-electron chi connectivity index (χ3n) is 5.49. The second-order valence-electron chi connectivity index (χ2n) is 7.69. The van der Waals surface area contributed by atoms with Crippen molar-refractivity contribution in [2.45, 2.75) is 38.3 Å². The average Bonchev–Trinajstić information content (AvgIpc) is 3.32. The molecule has 0 bridgehead atoms. The summed E-state index contributed by atoms with van der Waals surface area (Å²) in [6.07, 6.45) is 3.41. The first kappa shape index (κ1) is 20.5. The minimum absolute atomic E-state index is 0.0123. The molecule has 1 aromatic carbocycles. The number of nitrogens with zero attached hydrogens (tertiary/aromatic N) is 3. The maximum absolute atomic E-state index is 11.9. The molecule has 1 fully saturated rings. The van der Waals surface area contributed by atoms with Crippen LogP contribution in [0.5, 0.6) is 5.75 Å². The molecular formula is C21H33N5O2. The number of likely N-dealkylation sites (tertiary alicyclic amines) is 1. The lowest BCUT2D eigenvalue weighted by Crippen LogP contribution is -2.47. The first-order chi connectivity index (χ1) is 13.6. The van der Waals surface area contributed by atoms with E-state index in [0.29, 0.717) is 18.5 Å². The molecule has 2 N–H and O–H groups in total. The van der Waals surface area contributed by atoms with E-state index in [4.69, 9.17) is 4.74 Å². The van der Waals surface area contributed by atoms with Gasteiger partial charge in [0, 0.05) is 33.1 Å². The van der Waals surface area contributed by atoms with Crippen molar-refractivity contribution in [2.24, 2.45) is 4.99 Å². The molecular weight excluding hydrogens is 354 g/mol. The molecule has 2 heterocycles. The van der Waals surface area contributed by atoms with E-state index in [9.17, 15) is 4.79 Å². The highest BCUT2D eigenvalue weighted by Crippen LogP contribution is 2.27. The number of rotatable bonds is 7. The van der Waals surface area contributed by atoms with E-state index < -0.39 is 0 Å². The number of para-hydroxylation sites is 1. The number of likely N-dealkylation sites (N-methyl/N-ethyl adjacent to an activating group) is 2. The summed E-state index contributed by atoms with van der Waals surface area (Å²) < 4.78 is 6.00. The van der Waals surface area contributed by atoms with E-state index in [2.05, 4.69) is 33.5 Å². The number of aliphatic imine (C=N–C) groups is 1. The maximum atomic E-state index is 11.9. The predicted molar refractivity (Wildman–Crippen MR) is 112 cm³/mol. The Balaban J connectivity index is 1.55. The third kappa shape index (κ3) is 5.38. The molecule has 7 nitrogen and oxygen atoms in total. The molecule has 2 unspecified atom stereocenters. The lowest BCUT2D eigenvalue weighted by molar-refractivity contribution is -0.127. The highest BCUT2D eigenvalue weighted by Gasteiger charge is 2.24. The fraction of sp³-hybridized carbons (Fsp3) is 0.619. The summed E-state index contributed by atoms with van der Waals surface area (Å²) in [5, 5.41) is 6.81. The van der Waals surface area contributed by atoms with Gasteiger partial charge < -0.3 is 20.3 Å². The molecule has 0 radical (unpaired) electrons. The van der Waals surface area contributed by atoms with Crippen LogP contribution in [0.2, 0.25) is 0 Å². The van der Waals surface area contributed by atoms with Crippen molar-refractivity contribution in [3.63, 3.8) is 0 Å². The number of benzene rings is 1. The first-order valence-corrected chi connectivity index (χ1v) is 10.3. The van der Waals surface area contributed by atoms with Gasteiger partial charge in [0.25, 0.3) is 0 Å². The summed E-state index contributed by atoms with van der Waals surface area (Å²) in [6.45, 7) is 6.06. The lowest BCUT2D eigenvalue weighted by Gasteiger charge is -2.24. The number of carbonyl (C=O) groups is 1. The lowest BCUT2D eigenvalue weighted by atomic mass is 10.1. The summed E-state index contributed by atoms with van der Waals surface area (Å²) >= 11 is 0. The van der Waals surface area contributed by atoms with Gasteiger partial charge in [-0.3, -0.25) is 9.69 Å². The molecule has 0 aliphatic carbocycles. The van der Waals surface area contributed by atoms with Crippen molar-refractivity contribution in [3.05, 3.63) is 29.8 Å². The number of carbonyl (C=O) groups excluding carboxylic acids is 1. The number of ether oxygens (including phenoxy) is 1. The van der Waals surface area contributed by atoms with Crippen molar-refractivity contribution >= 4 is 11.9 Å². The molecule has 1 aromatic rings. The van der Waals surface area contributed by atoms with Crippen molar-refractivity contribution in [2.75, 3.05) is 46.8 Å².